The Kier molecular flexibility index (Phi) is 4.21. The van der Waals surface area contributed by atoms with Gasteiger partial charge in [0.05, 0.1) is 6.04 Å². The van der Waals surface area contributed by atoms with E-state index in [9.17, 15) is 0 Å². The van der Waals surface area contributed by atoms with Crippen LogP contribution in [-0.2, 0) is 6.42 Å². The van der Waals surface area contributed by atoms with E-state index >= 15 is 0 Å². The van der Waals surface area contributed by atoms with E-state index < -0.39 is 0 Å². The lowest BCUT2D eigenvalue weighted by molar-refractivity contribution is 0.405. The van der Waals surface area contributed by atoms with Gasteiger partial charge in [0.1, 0.15) is 11.5 Å². The molecule has 0 saturated carbocycles. The lowest BCUT2D eigenvalue weighted by atomic mass is 10.0. The summed E-state index contributed by atoms with van der Waals surface area (Å²) in [7, 11) is 0. The highest BCUT2D eigenvalue weighted by molar-refractivity contribution is 5.10. The quantitative estimate of drug-likeness (QED) is 0.783. The van der Waals surface area contributed by atoms with E-state index in [-0.39, 0.29) is 6.04 Å². The van der Waals surface area contributed by atoms with Crippen molar-refractivity contribution in [1.82, 2.24) is 0 Å². The Labute approximate surface area is 86.5 Å². The zero-order chi connectivity index (χ0) is 10.6. The SMILES string of the molecule is CCc1ccc([C@@H](N)CCC(C)C)o1. The van der Waals surface area contributed by atoms with Crippen LogP contribution in [0.4, 0.5) is 0 Å². The Balaban J connectivity index is 2.47. The van der Waals surface area contributed by atoms with Gasteiger partial charge in [-0.1, -0.05) is 20.8 Å². The average Bonchev–Trinajstić information content (AvgIpc) is 2.62. The number of rotatable bonds is 5. The third-order valence-corrected chi connectivity index (χ3v) is 2.45. The van der Waals surface area contributed by atoms with Gasteiger partial charge in [-0.2, -0.15) is 0 Å². The van der Waals surface area contributed by atoms with Gasteiger partial charge in [0.25, 0.3) is 0 Å². The second-order valence-corrected chi connectivity index (χ2v) is 4.24. The summed E-state index contributed by atoms with van der Waals surface area (Å²) < 4.78 is 5.60. The summed E-state index contributed by atoms with van der Waals surface area (Å²) in [6, 6.07) is 4.09. The first-order chi connectivity index (χ1) is 6.63. The Bertz CT molecular complexity index is 265. The molecule has 0 saturated heterocycles. The molecule has 14 heavy (non-hydrogen) atoms. The summed E-state index contributed by atoms with van der Waals surface area (Å²) in [5.41, 5.74) is 6.02. The molecule has 1 atom stereocenters. The van der Waals surface area contributed by atoms with Crippen molar-refractivity contribution in [2.75, 3.05) is 0 Å². The molecule has 0 aliphatic carbocycles. The first kappa shape index (κ1) is 11.3. The van der Waals surface area contributed by atoms with Crippen molar-refractivity contribution in [3.05, 3.63) is 23.7 Å². The van der Waals surface area contributed by atoms with Crippen LogP contribution in [0, 0.1) is 5.92 Å². The van der Waals surface area contributed by atoms with Crippen molar-refractivity contribution < 1.29 is 4.42 Å². The number of aryl methyl sites for hydroxylation is 1. The molecule has 0 aromatic carbocycles. The summed E-state index contributed by atoms with van der Waals surface area (Å²) in [5, 5.41) is 0. The molecule has 0 amide bonds. The standard InChI is InChI=1S/C12H21NO/c1-4-10-6-8-12(14-10)11(13)7-5-9(2)3/h6,8-9,11H,4-5,7,13H2,1-3H3/t11-/m0/s1. The minimum atomic E-state index is 0.0673. The van der Waals surface area contributed by atoms with E-state index in [0.717, 1.165) is 30.8 Å². The zero-order valence-electron chi connectivity index (χ0n) is 9.42. The van der Waals surface area contributed by atoms with Crippen molar-refractivity contribution in [2.45, 2.75) is 46.1 Å². The van der Waals surface area contributed by atoms with Gasteiger partial charge < -0.3 is 10.2 Å². The number of furan rings is 1. The fraction of sp³-hybridized carbons (Fsp3) is 0.667. The van der Waals surface area contributed by atoms with Gasteiger partial charge in [0.2, 0.25) is 0 Å². The van der Waals surface area contributed by atoms with E-state index in [0.29, 0.717) is 5.92 Å². The average molecular weight is 195 g/mol. The predicted molar refractivity (Wildman–Crippen MR) is 59.1 cm³/mol. The van der Waals surface area contributed by atoms with Crippen LogP contribution in [0.15, 0.2) is 16.5 Å². The molecule has 0 aliphatic rings. The lowest BCUT2D eigenvalue weighted by Crippen LogP contribution is -2.10. The highest BCUT2D eigenvalue weighted by Crippen LogP contribution is 2.20. The highest BCUT2D eigenvalue weighted by Gasteiger charge is 2.10. The van der Waals surface area contributed by atoms with Crippen LogP contribution in [0.2, 0.25) is 0 Å². The van der Waals surface area contributed by atoms with Crippen molar-refractivity contribution in [3.8, 4) is 0 Å². The van der Waals surface area contributed by atoms with Crippen LogP contribution in [-0.4, -0.2) is 0 Å². The number of nitrogens with two attached hydrogens (primary N) is 1. The van der Waals surface area contributed by atoms with E-state index in [1.807, 2.05) is 12.1 Å². The molecule has 0 aliphatic heterocycles. The fourth-order valence-corrected chi connectivity index (χ4v) is 1.44. The zero-order valence-corrected chi connectivity index (χ0v) is 9.42. The summed E-state index contributed by atoms with van der Waals surface area (Å²) in [5.74, 6) is 2.67. The first-order valence-electron chi connectivity index (χ1n) is 5.47. The predicted octanol–water partition coefficient (Wildman–Crippen LogP) is 3.28. The fourth-order valence-electron chi connectivity index (χ4n) is 1.44. The van der Waals surface area contributed by atoms with Crippen LogP contribution in [0.25, 0.3) is 0 Å². The van der Waals surface area contributed by atoms with Crippen LogP contribution in [0.3, 0.4) is 0 Å². The molecule has 1 rings (SSSR count). The van der Waals surface area contributed by atoms with Gasteiger partial charge in [-0.3, -0.25) is 0 Å². The molecule has 1 aromatic heterocycles. The second-order valence-electron chi connectivity index (χ2n) is 4.24. The molecule has 0 spiro atoms. The minimum absolute atomic E-state index is 0.0673. The highest BCUT2D eigenvalue weighted by atomic mass is 16.3. The van der Waals surface area contributed by atoms with Gasteiger partial charge >= 0.3 is 0 Å². The normalized spacial score (nSPS) is 13.5. The Morgan fingerprint density at radius 1 is 1.29 bits per heavy atom. The van der Waals surface area contributed by atoms with Crippen LogP contribution >= 0.6 is 0 Å². The Morgan fingerprint density at radius 2 is 2.00 bits per heavy atom. The molecule has 1 heterocycles. The third kappa shape index (κ3) is 3.18. The smallest absolute Gasteiger partial charge is 0.120 e. The maximum absolute atomic E-state index is 6.02. The van der Waals surface area contributed by atoms with E-state index in [4.69, 9.17) is 10.2 Å². The minimum Gasteiger partial charge on any atom is -0.464 e. The van der Waals surface area contributed by atoms with Gasteiger partial charge in [-0.15, -0.1) is 0 Å². The second kappa shape index (κ2) is 5.20. The maximum Gasteiger partial charge on any atom is 0.120 e. The molecule has 0 radical (unpaired) electrons. The molecule has 80 valence electrons. The summed E-state index contributed by atoms with van der Waals surface area (Å²) >= 11 is 0. The number of hydrogen-bond acceptors (Lipinski definition) is 2. The molecular weight excluding hydrogens is 174 g/mol. The van der Waals surface area contributed by atoms with Crippen molar-refractivity contribution in [2.24, 2.45) is 11.7 Å². The van der Waals surface area contributed by atoms with Gasteiger partial charge in [0, 0.05) is 6.42 Å². The Hall–Kier alpha value is -0.760. The van der Waals surface area contributed by atoms with E-state index in [2.05, 4.69) is 20.8 Å². The summed E-state index contributed by atoms with van der Waals surface area (Å²) in [6.07, 6.45) is 3.11. The van der Waals surface area contributed by atoms with Crippen molar-refractivity contribution >= 4 is 0 Å². The van der Waals surface area contributed by atoms with Crippen molar-refractivity contribution in [3.63, 3.8) is 0 Å². The van der Waals surface area contributed by atoms with Crippen LogP contribution in [0.1, 0.15) is 51.2 Å². The lowest BCUT2D eigenvalue weighted by Gasteiger charge is -2.10. The van der Waals surface area contributed by atoms with Gasteiger partial charge in [-0.05, 0) is 30.9 Å². The monoisotopic (exact) mass is 195 g/mol. The molecule has 0 bridgehead atoms. The largest absolute Gasteiger partial charge is 0.464 e. The van der Waals surface area contributed by atoms with Gasteiger partial charge in [0.15, 0.2) is 0 Å². The molecule has 2 heteroatoms. The van der Waals surface area contributed by atoms with Gasteiger partial charge in [-0.25, -0.2) is 0 Å². The van der Waals surface area contributed by atoms with Crippen molar-refractivity contribution in [1.29, 1.82) is 0 Å². The van der Waals surface area contributed by atoms with Crippen LogP contribution < -0.4 is 5.73 Å². The molecule has 0 unspecified atom stereocenters. The summed E-state index contributed by atoms with van der Waals surface area (Å²) in [6.45, 7) is 6.51. The first-order valence-corrected chi connectivity index (χ1v) is 5.47. The van der Waals surface area contributed by atoms with E-state index in [1.54, 1.807) is 0 Å². The topological polar surface area (TPSA) is 39.2 Å². The van der Waals surface area contributed by atoms with Crippen LogP contribution in [0.5, 0.6) is 0 Å². The molecule has 2 N–H and O–H groups in total. The molecule has 1 aromatic rings. The third-order valence-electron chi connectivity index (χ3n) is 2.45. The van der Waals surface area contributed by atoms with E-state index in [1.165, 1.54) is 0 Å². The maximum atomic E-state index is 6.02. The molecule has 2 nitrogen and oxygen atoms in total. The number of hydrogen-bond donors (Lipinski definition) is 1. The Morgan fingerprint density at radius 3 is 2.50 bits per heavy atom. The molecule has 0 fully saturated rings. The summed E-state index contributed by atoms with van der Waals surface area (Å²) in [4.78, 5) is 0. The molecular formula is C12H21NO.